The van der Waals surface area contributed by atoms with Crippen molar-refractivity contribution in [2.45, 2.75) is 31.7 Å². The highest BCUT2D eigenvalue weighted by molar-refractivity contribution is 5.87. The Morgan fingerprint density at radius 2 is 1.63 bits per heavy atom. The van der Waals surface area contributed by atoms with Crippen molar-refractivity contribution in [3.63, 3.8) is 0 Å². The second-order valence-corrected chi connectivity index (χ2v) is 8.48. The number of aromatic nitrogens is 2. The molecule has 7 nitrogen and oxygen atoms in total. The Kier molecular flexibility index (Phi) is 6.38. The molecule has 162 valence electrons. The highest BCUT2D eigenvalue weighted by Gasteiger charge is 2.44. The summed E-state index contributed by atoms with van der Waals surface area (Å²) in [6.07, 6.45) is 3.07. The van der Waals surface area contributed by atoms with Gasteiger partial charge in [0.15, 0.2) is 0 Å². The molecular weight excluding hydrogens is 387 g/mol. The van der Waals surface area contributed by atoms with E-state index < -0.39 is 23.8 Å². The van der Waals surface area contributed by atoms with E-state index in [0.717, 1.165) is 26.2 Å². The van der Waals surface area contributed by atoms with Crippen LogP contribution in [0.15, 0.2) is 36.7 Å². The molecule has 1 N–H and O–H groups in total. The SMILES string of the molecule is COC(=O)C(CO)(c1ccc(F)cc1)c1cnc(N2CCN(C(C)(C)C)CC2)nc1. The minimum absolute atomic E-state index is 0.118. The third-order valence-electron chi connectivity index (χ3n) is 5.75. The number of halogens is 1. The van der Waals surface area contributed by atoms with E-state index in [0.29, 0.717) is 17.1 Å². The lowest BCUT2D eigenvalue weighted by Gasteiger charge is -2.42. The zero-order chi connectivity index (χ0) is 21.9. The molecule has 0 spiro atoms. The van der Waals surface area contributed by atoms with E-state index in [2.05, 4.69) is 40.5 Å². The van der Waals surface area contributed by atoms with E-state index in [1.807, 2.05) is 0 Å². The molecule has 2 aromatic rings. The van der Waals surface area contributed by atoms with Crippen LogP contribution >= 0.6 is 0 Å². The quantitative estimate of drug-likeness (QED) is 0.747. The zero-order valence-corrected chi connectivity index (χ0v) is 17.9. The molecule has 2 heterocycles. The molecule has 1 atom stereocenters. The molecule has 0 bridgehead atoms. The van der Waals surface area contributed by atoms with E-state index in [9.17, 15) is 14.3 Å². The number of esters is 1. The highest BCUT2D eigenvalue weighted by Crippen LogP contribution is 2.33. The Bertz CT molecular complexity index is 859. The maximum Gasteiger partial charge on any atom is 0.323 e. The number of aliphatic hydroxyl groups is 1. The van der Waals surface area contributed by atoms with Crippen molar-refractivity contribution in [1.29, 1.82) is 0 Å². The molecule has 3 rings (SSSR count). The second-order valence-electron chi connectivity index (χ2n) is 8.48. The summed E-state index contributed by atoms with van der Waals surface area (Å²) in [4.78, 5) is 26.2. The normalized spacial score (nSPS) is 17.5. The van der Waals surface area contributed by atoms with Gasteiger partial charge in [0.05, 0.1) is 13.7 Å². The Hall–Kier alpha value is -2.58. The van der Waals surface area contributed by atoms with Gasteiger partial charge in [-0.25, -0.2) is 14.4 Å². The monoisotopic (exact) mass is 416 g/mol. The molecule has 1 aliphatic rings. The van der Waals surface area contributed by atoms with Gasteiger partial charge in [0.2, 0.25) is 5.95 Å². The summed E-state index contributed by atoms with van der Waals surface area (Å²) in [5.74, 6) is -0.522. The van der Waals surface area contributed by atoms with Gasteiger partial charge in [0.1, 0.15) is 11.2 Å². The van der Waals surface area contributed by atoms with Crippen molar-refractivity contribution in [2.24, 2.45) is 0 Å². The summed E-state index contributed by atoms with van der Waals surface area (Å²) in [6.45, 7) is 9.46. The maximum atomic E-state index is 13.4. The van der Waals surface area contributed by atoms with Gasteiger partial charge in [-0.2, -0.15) is 0 Å². The predicted octanol–water partition coefficient (Wildman–Crippen LogP) is 1.99. The molecule has 30 heavy (non-hydrogen) atoms. The number of rotatable bonds is 5. The van der Waals surface area contributed by atoms with Gasteiger partial charge in [-0.3, -0.25) is 9.69 Å². The van der Waals surface area contributed by atoms with Crippen molar-refractivity contribution < 1.29 is 19.0 Å². The number of anilines is 1. The number of piperazine rings is 1. The van der Waals surface area contributed by atoms with Crippen molar-refractivity contribution in [2.75, 3.05) is 44.8 Å². The van der Waals surface area contributed by atoms with Crippen LogP contribution in [0, 0.1) is 5.82 Å². The predicted molar refractivity (Wildman–Crippen MR) is 112 cm³/mol. The average Bonchev–Trinajstić information content (AvgIpc) is 2.75. The second kappa shape index (κ2) is 8.65. The fourth-order valence-electron chi connectivity index (χ4n) is 3.84. The first-order valence-corrected chi connectivity index (χ1v) is 10.00. The summed E-state index contributed by atoms with van der Waals surface area (Å²) in [7, 11) is 1.25. The van der Waals surface area contributed by atoms with Gasteiger partial charge in [-0.1, -0.05) is 12.1 Å². The third kappa shape index (κ3) is 4.15. The van der Waals surface area contributed by atoms with E-state index in [1.54, 1.807) is 0 Å². The number of aliphatic hydroxyl groups excluding tert-OH is 1. The van der Waals surface area contributed by atoms with Crippen LogP contribution in [0.2, 0.25) is 0 Å². The molecule has 0 aliphatic carbocycles. The van der Waals surface area contributed by atoms with Gasteiger partial charge >= 0.3 is 5.97 Å². The number of hydrogen-bond donors (Lipinski definition) is 1. The van der Waals surface area contributed by atoms with Crippen LogP contribution in [0.25, 0.3) is 0 Å². The number of carbonyl (C=O) groups is 1. The van der Waals surface area contributed by atoms with E-state index in [-0.39, 0.29) is 5.54 Å². The first kappa shape index (κ1) is 22.1. The summed E-state index contributed by atoms with van der Waals surface area (Å²) < 4.78 is 18.4. The number of ether oxygens (including phenoxy) is 1. The van der Waals surface area contributed by atoms with E-state index in [1.165, 1.54) is 43.8 Å². The fourth-order valence-corrected chi connectivity index (χ4v) is 3.84. The molecule has 0 radical (unpaired) electrons. The van der Waals surface area contributed by atoms with Crippen LogP contribution < -0.4 is 4.90 Å². The molecule has 1 aliphatic heterocycles. The van der Waals surface area contributed by atoms with Crippen LogP contribution in [0.3, 0.4) is 0 Å². The molecule has 1 unspecified atom stereocenters. The summed E-state index contributed by atoms with van der Waals surface area (Å²) >= 11 is 0. The molecule has 1 aromatic heterocycles. The van der Waals surface area contributed by atoms with Crippen molar-refractivity contribution in [3.8, 4) is 0 Å². The van der Waals surface area contributed by atoms with Crippen LogP contribution in [-0.2, 0) is 14.9 Å². The van der Waals surface area contributed by atoms with Gasteiger partial charge in [0, 0.05) is 49.7 Å². The zero-order valence-electron chi connectivity index (χ0n) is 17.9. The lowest BCUT2D eigenvalue weighted by molar-refractivity contribution is -0.147. The first-order valence-electron chi connectivity index (χ1n) is 10.00. The van der Waals surface area contributed by atoms with Crippen LogP contribution in [0.4, 0.5) is 10.3 Å². The number of nitrogens with zero attached hydrogens (tertiary/aromatic N) is 4. The van der Waals surface area contributed by atoms with Crippen molar-refractivity contribution in [3.05, 3.63) is 53.6 Å². The summed E-state index contributed by atoms with van der Waals surface area (Å²) in [6, 6.07) is 5.41. The average molecular weight is 416 g/mol. The molecule has 0 amide bonds. The Labute approximate surface area is 176 Å². The smallest absolute Gasteiger partial charge is 0.323 e. The van der Waals surface area contributed by atoms with Gasteiger partial charge in [-0.15, -0.1) is 0 Å². The molecule has 1 fully saturated rings. The summed E-state index contributed by atoms with van der Waals surface area (Å²) in [5, 5.41) is 10.2. The Balaban J connectivity index is 1.88. The molecule has 0 saturated carbocycles. The number of hydrogen-bond acceptors (Lipinski definition) is 7. The van der Waals surface area contributed by atoms with E-state index in [4.69, 9.17) is 4.74 Å². The molecule has 1 saturated heterocycles. The molecular formula is C22H29FN4O3. The van der Waals surface area contributed by atoms with Gasteiger partial charge in [0.25, 0.3) is 0 Å². The third-order valence-corrected chi connectivity index (χ3v) is 5.75. The largest absolute Gasteiger partial charge is 0.468 e. The van der Waals surface area contributed by atoms with Gasteiger partial charge < -0.3 is 14.7 Å². The number of methoxy groups -OCH3 is 1. The van der Waals surface area contributed by atoms with Crippen LogP contribution in [-0.4, -0.2) is 71.4 Å². The van der Waals surface area contributed by atoms with E-state index >= 15 is 0 Å². The minimum atomic E-state index is -1.52. The lowest BCUT2D eigenvalue weighted by Crippen LogP contribution is -2.53. The Morgan fingerprint density at radius 3 is 2.10 bits per heavy atom. The fraction of sp³-hybridized carbons (Fsp3) is 0.500. The standard InChI is InChI=1S/C22H29FN4O3/c1-21(2,3)27-11-9-26(10-12-27)20-24-13-17(14-25-20)22(15-28,19(29)30-4)16-5-7-18(23)8-6-16/h5-8,13-14,28H,9-12,15H2,1-4H3. The number of benzene rings is 1. The molecule has 8 heteroatoms. The highest BCUT2D eigenvalue weighted by atomic mass is 19.1. The lowest BCUT2D eigenvalue weighted by atomic mass is 9.76. The minimum Gasteiger partial charge on any atom is -0.468 e. The number of carbonyl (C=O) groups excluding carboxylic acids is 1. The first-order chi connectivity index (χ1) is 14.2. The van der Waals surface area contributed by atoms with Crippen LogP contribution in [0.5, 0.6) is 0 Å². The van der Waals surface area contributed by atoms with Crippen molar-refractivity contribution >= 4 is 11.9 Å². The van der Waals surface area contributed by atoms with Crippen LogP contribution in [0.1, 0.15) is 31.9 Å². The Morgan fingerprint density at radius 1 is 1.07 bits per heavy atom. The molecule has 1 aromatic carbocycles. The maximum absolute atomic E-state index is 13.4. The van der Waals surface area contributed by atoms with Crippen molar-refractivity contribution in [1.82, 2.24) is 14.9 Å². The van der Waals surface area contributed by atoms with Gasteiger partial charge in [-0.05, 0) is 38.5 Å². The topological polar surface area (TPSA) is 78.8 Å². The summed E-state index contributed by atoms with van der Waals surface area (Å²) in [5.41, 5.74) is -0.604.